The molecule has 0 bridgehead atoms. The number of nitrogens with zero attached hydrogens (tertiary/aromatic N) is 6. The van der Waals surface area contributed by atoms with Gasteiger partial charge in [-0.2, -0.15) is 0 Å². The average Bonchev–Trinajstić information content (AvgIpc) is 3.32. The van der Waals surface area contributed by atoms with Crippen molar-refractivity contribution in [3.8, 4) is 11.6 Å². The first-order valence-corrected chi connectivity index (χ1v) is 13.0. The lowest BCUT2D eigenvalue weighted by atomic mass is 9.97. The molecule has 4 heterocycles. The molecule has 2 aliphatic heterocycles. The minimum atomic E-state index is -0.476. The Hall–Kier alpha value is -3.04. The van der Waals surface area contributed by atoms with Crippen LogP contribution in [0.1, 0.15) is 43.0 Å². The summed E-state index contributed by atoms with van der Waals surface area (Å²) in [5.74, 6) is -0.472. The first-order chi connectivity index (χ1) is 17.4. The number of aryl methyl sites for hydroxylation is 2. The number of piperidine rings is 1. The normalized spacial score (nSPS) is 20.2. The van der Waals surface area contributed by atoms with E-state index in [9.17, 15) is 4.39 Å². The number of nitrogens with two attached hydrogens (primary N) is 1. The monoisotopic (exact) mass is 493 g/mol. The van der Waals surface area contributed by atoms with E-state index < -0.39 is 5.82 Å². The number of nitrogen functional groups attached to an aromatic ring is 1. The molecule has 0 unspecified atom stereocenters. The van der Waals surface area contributed by atoms with E-state index in [1.165, 1.54) is 24.0 Å². The molecule has 0 radical (unpaired) electrons. The number of benzene rings is 1. The maximum absolute atomic E-state index is 15.0. The van der Waals surface area contributed by atoms with Crippen LogP contribution in [0.15, 0.2) is 34.7 Å². The van der Waals surface area contributed by atoms with E-state index in [0.29, 0.717) is 12.1 Å². The lowest BCUT2D eigenvalue weighted by Gasteiger charge is -2.48. The molecule has 2 aromatic heterocycles. The van der Waals surface area contributed by atoms with Crippen molar-refractivity contribution < 1.29 is 8.81 Å². The van der Waals surface area contributed by atoms with Gasteiger partial charge in [-0.15, -0.1) is 5.10 Å². The predicted octanol–water partition coefficient (Wildman–Crippen LogP) is 4.03. The molecular weight excluding hydrogens is 457 g/mol. The number of piperazine rings is 1. The van der Waals surface area contributed by atoms with Gasteiger partial charge in [-0.1, -0.05) is 41.9 Å². The Morgan fingerprint density at radius 2 is 1.81 bits per heavy atom. The van der Waals surface area contributed by atoms with E-state index >= 15 is 0 Å². The zero-order valence-electron chi connectivity index (χ0n) is 21.5. The van der Waals surface area contributed by atoms with Gasteiger partial charge in [-0.3, -0.25) is 9.80 Å². The molecule has 8 nitrogen and oxygen atoms in total. The van der Waals surface area contributed by atoms with Crippen LogP contribution in [0.25, 0.3) is 11.6 Å². The summed E-state index contributed by atoms with van der Waals surface area (Å²) in [6.45, 7) is 12.3. The smallest absolute Gasteiger partial charge is 0.313 e. The van der Waals surface area contributed by atoms with E-state index in [1.54, 1.807) is 6.07 Å². The first-order valence-electron chi connectivity index (χ1n) is 13.0. The minimum absolute atomic E-state index is 0.00428. The van der Waals surface area contributed by atoms with Crippen molar-refractivity contribution in [2.24, 2.45) is 0 Å². The van der Waals surface area contributed by atoms with E-state index in [1.807, 2.05) is 6.92 Å². The zero-order chi connectivity index (χ0) is 25.2. The largest absolute Gasteiger partial charge is 0.402 e. The highest BCUT2D eigenvalue weighted by Gasteiger charge is 2.34. The summed E-state index contributed by atoms with van der Waals surface area (Å²) < 4.78 is 20.1. The van der Waals surface area contributed by atoms with Crippen LogP contribution in [0.3, 0.4) is 0 Å². The van der Waals surface area contributed by atoms with Crippen molar-refractivity contribution in [1.29, 1.82) is 0 Å². The molecule has 1 atom stereocenters. The Balaban J connectivity index is 1.21. The summed E-state index contributed by atoms with van der Waals surface area (Å²) in [6.07, 6.45) is 3.45. The molecule has 5 rings (SSSR count). The third-order valence-electron chi connectivity index (χ3n) is 7.68. The van der Waals surface area contributed by atoms with Crippen LogP contribution in [0.5, 0.6) is 0 Å². The Bertz CT molecular complexity index is 1170. The molecule has 0 spiro atoms. The molecule has 9 heteroatoms. The number of hydrogen-bond donors (Lipinski definition) is 1. The van der Waals surface area contributed by atoms with E-state index in [0.717, 1.165) is 57.1 Å². The Kier molecular flexibility index (Phi) is 7.20. The SMILES string of the molecule is CC[C@H]1CN(c2cc(F)c(-c3nnc(N)o3)nc2C)CCN1C1CCN(Cc2ccc(C)cc2)CC1. The maximum Gasteiger partial charge on any atom is 0.313 e. The zero-order valence-corrected chi connectivity index (χ0v) is 21.5. The minimum Gasteiger partial charge on any atom is -0.402 e. The van der Waals surface area contributed by atoms with Crippen LogP contribution in [0, 0.1) is 19.7 Å². The summed E-state index contributed by atoms with van der Waals surface area (Å²) in [5, 5.41) is 7.40. The summed E-state index contributed by atoms with van der Waals surface area (Å²) >= 11 is 0. The Labute approximate surface area is 212 Å². The summed E-state index contributed by atoms with van der Waals surface area (Å²) in [4.78, 5) is 12.0. The van der Waals surface area contributed by atoms with Gasteiger partial charge in [0.15, 0.2) is 11.5 Å². The van der Waals surface area contributed by atoms with Gasteiger partial charge >= 0.3 is 6.01 Å². The molecular formula is C27H36FN7O. The number of anilines is 2. The lowest BCUT2D eigenvalue weighted by Crippen LogP contribution is -2.58. The molecule has 192 valence electrons. The molecule has 0 saturated carbocycles. The summed E-state index contributed by atoms with van der Waals surface area (Å²) in [7, 11) is 0. The maximum atomic E-state index is 15.0. The molecule has 1 aromatic carbocycles. The number of rotatable bonds is 6. The van der Waals surface area contributed by atoms with Gasteiger partial charge in [0.25, 0.3) is 5.89 Å². The first kappa shape index (κ1) is 24.6. The van der Waals surface area contributed by atoms with Gasteiger partial charge < -0.3 is 15.1 Å². The highest BCUT2D eigenvalue weighted by molar-refractivity contribution is 5.59. The van der Waals surface area contributed by atoms with Gasteiger partial charge in [0, 0.05) is 44.3 Å². The van der Waals surface area contributed by atoms with Crippen molar-refractivity contribution in [2.45, 2.75) is 58.7 Å². The van der Waals surface area contributed by atoms with Crippen molar-refractivity contribution >= 4 is 11.7 Å². The van der Waals surface area contributed by atoms with Gasteiger partial charge in [0.05, 0.1) is 11.4 Å². The van der Waals surface area contributed by atoms with Crippen LogP contribution >= 0.6 is 0 Å². The fourth-order valence-electron chi connectivity index (χ4n) is 5.66. The Morgan fingerprint density at radius 1 is 1.06 bits per heavy atom. The standard InChI is InChI=1S/C27H36FN7O/c1-4-21-17-34(24-15-23(28)25(30-19(24)3)26-31-32-27(29)36-26)13-14-35(21)22-9-11-33(12-10-22)16-20-7-5-18(2)6-8-20/h5-8,15,21-22H,4,9-14,16-17H2,1-3H3,(H2,29,32)/t21-/m0/s1. The third-order valence-corrected chi connectivity index (χ3v) is 7.68. The van der Waals surface area contributed by atoms with E-state index in [4.69, 9.17) is 10.2 Å². The van der Waals surface area contributed by atoms with Crippen molar-refractivity contribution in [2.75, 3.05) is 43.4 Å². The predicted molar refractivity (Wildman–Crippen MR) is 139 cm³/mol. The van der Waals surface area contributed by atoms with Crippen molar-refractivity contribution in [3.63, 3.8) is 0 Å². The number of hydrogen-bond acceptors (Lipinski definition) is 8. The Morgan fingerprint density at radius 3 is 2.47 bits per heavy atom. The number of aromatic nitrogens is 3. The second kappa shape index (κ2) is 10.5. The molecule has 36 heavy (non-hydrogen) atoms. The highest BCUT2D eigenvalue weighted by Crippen LogP contribution is 2.31. The topological polar surface area (TPSA) is 87.5 Å². The van der Waals surface area contributed by atoms with Crippen LogP contribution in [-0.4, -0.2) is 69.8 Å². The van der Waals surface area contributed by atoms with Crippen molar-refractivity contribution in [3.05, 3.63) is 53.0 Å². The molecule has 2 fully saturated rings. The molecule has 0 amide bonds. The molecule has 0 aliphatic carbocycles. The summed E-state index contributed by atoms with van der Waals surface area (Å²) in [5.41, 5.74) is 9.82. The van der Waals surface area contributed by atoms with Crippen LogP contribution in [-0.2, 0) is 6.54 Å². The highest BCUT2D eigenvalue weighted by atomic mass is 19.1. The lowest BCUT2D eigenvalue weighted by molar-refractivity contribution is 0.0611. The van der Waals surface area contributed by atoms with Crippen LogP contribution in [0.4, 0.5) is 16.1 Å². The second-order valence-corrected chi connectivity index (χ2v) is 10.1. The van der Waals surface area contributed by atoms with E-state index in [2.05, 4.69) is 68.0 Å². The number of halogens is 1. The number of pyridine rings is 1. The molecule has 2 saturated heterocycles. The molecule has 2 N–H and O–H groups in total. The van der Waals surface area contributed by atoms with Crippen LogP contribution < -0.4 is 10.6 Å². The van der Waals surface area contributed by atoms with Crippen LogP contribution in [0.2, 0.25) is 0 Å². The van der Waals surface area contributed by atoms with Gasteiger partial charge in [0.1, 0.15) is 0 Å². The average molecular weight is 494 g/mol. The van der Waals surface area contributed by atoms with Gasteiger partial charge in [0.2, 0.25) is 0 Å². The van der Waals surface area contributed by atoms with Crippen molar-refractivity contribution in [1.82, 2.24) is 25.0 Å². The summed E-state index contributed by atoms with van der Waals surface area (Å²) in [6, 6.07) is 11.4. The van der Waals surface area contributed by atoms with E-state index in [-0.39, 0.29) is 17.6 Å². The molecule has 3 aromatic rings. The second-order valence-electron chi connectivity index (χ2n) is 10.1. The van der Waals surface area contributed by atoms with Gasteiger partial charge in [-0.05, 0) is 51.8 Å². The third kappa shape index (κ3) is 5.22. The fraction of sp³-hybridized carbons (Fsp3) is 0.519. The fourth-order valence-corrected chi connectivity index (χ4v) is 5.66. The molecule has 2 aliphatic rings. The van der Waals surface area contributed by atoms with Gasteiger partial charge in [-0.25, -0.2) is 9.37 Å². The number of likely N-dealkylation sites (tertiary alicyclic amines) is 1. The quantitative estimate of drug-likeness (QED) is 0.551.